The maximum Gasteiger partial charge on any atom is 0.316 e. The topological polar surface area (TPSA) is 26.3 Å². The molecule has 0 aliphatic heterocycles. The molecule has 182 valence electrons. The third kappa shape index (κ3) is 4.50. The van der Waals surface area contributed by atoms with Gasteiger partial charge in [0.1, 0.15) is 11.4 Å². The van der Waals surface area contributed by atoms with E-state index < -0.39 is 0 Å². The maximum absolute atomic E-state index is 11.8. The molecular weight excluding hydrogens is 460 g/mol. The largest absolute Gasteiger partial charge is 0.461 e. The molecule has 32 heavy (non-hydrogen) atoms. The number of allylic oxidation sites excluding steroid dienone is 1. The summed E-state index contributed by atoms with van der Waals surface area (Å²) in [7, 11) is 0. The first kappa shape index (κ1) is 24.8. The summed E-state index contributed by atoms with van der Waals surface area (Å²) in [5, 5.41) is 0.307. The van der Waals surface area contributed by atoms with Crippen molar-refractivity contribution >= 4 is 21.9 Å². The highest BCUT2D eigenvalue weighted by Crippen LogP contribution is 2.67. The Labute approximate surface area is 205 Å². The van der Waals surface area contributed by atoms with Crippen molar-refractivity contribution in [2.75, 3.05) is 5.33 Å². The third-order valence-corrected chi connectivity index (χ3v) is 11.1. The highest BCUT2D eigenvalue weighted by atomic mass is 79.9. The fourth-order valence-electron chi connectivity index (χ4n) is 8.97. The Morgan fingerprint density at radius 2 is 1.88 bits per heavy atom. The SMILES string of the molecule is CC(C)CCCC(C)C1CCC2C3CC=C4CC(OC(=O)CBr)CC[C@]4(C)C3CC[C@]12C. The smallest absolute Gasteiger partial charge is 0.316 e. The van der Waals surface area contributed by atoms with E-state index in [1.165, 1.54) is 57.8 Å². The van der Waals surface area contributed by atoms with E-state index in [-0.39, 0.29) is 12.1 Å². The lowest BCUT2D eigenvalue weighted by atomic mass is 9.47. The molecule has 6 unspecified atom stereocenters. The molecule has 4 aliphatic rings. The number of hydrogen-bond acceptors (Lipinski definition) is 2. The van der Waals surface area contributed by atoms with Crippen molar-refractivity contribution < 1.29 is 9.53 Å². The van der Waals surface area contributed by atoms with Gasteiger partial charge in [-0.25, -0.2) is 0 Å². The van der Waals surface area contributed by atoms with Crippen LogP contribution in [-0.2, 0) is 9.53 Å². The highest BCUT2D eigenvalue weighted by Gasteiger charge is 2.59. The van der Waals surface area contributed by atoms with Crippen molar-refractivity contribution in [1.29, 1.82) is 0 Å². The molecule has 0 N–H and O–H groups in total. The predicted molar refractivity (Wildman–Crippen MR) is 137 cm³/mol. The third-order valence-electron chi connectivity index (χ3n) is 10.7. The van der Waals surface area contributed by atoms with E-state index >= 15 is 0 Å². The molecule has 3 saturated carbocycles. The van der Waals surface area contributed by atoms with Gasteiger partial charge in [0.2, 0.25) is 0 Å². The summed E-state index contributed by atoms with van der Waals surface area (Å²) in [4.78, 5) is 11.8. The number of esters is 1. The fourth-order valence-corrected chi connectivity index (χ4v) is 9.10. The summed E-state index contributed by atoms with van der Waals surface area (Å²) in [5.41, 5.74) is 2.50. The van der Waals surface area contributed by atoms with E-state index in [4.69, 9.17) is 4.74 Å². The average molecular weight is 508 g/mol. The first-order valence-electron chi connectivity index (χ1n) is 13.6. The normalized spacial score (nSPS) is 42.0. The minimum absolute atomic E-state index is 0.0901. The van der Waals surface area contributed by atoms with Gasteiger partial charge in [0, 0.05) is 6.42 Å². The molecule has 3 heteroatoms. The first-order chi connectivity index (χ1) is 15.2. The highest BCUT2D eigenvalue weighted by molar-refractivity contribution is 9.09. The summed E-state index contributed by atoms with van der Waals surface area (Å²) >= 11 is 3.24. The van der Waals surface area contributed by atoms with Gasteiger partial charge in [-0.15, -0.1) is 0 Å². The number of carbonyl (C=O) groups is 1. The number of halogens is 1. The monoisotopic (exact) mass is 506 g/mol. The summed E-state index contributed by atoms with van der Waals surface area (Å²) in [5.74, 6) is 5.16. The van der Waals surface area contributed by atoms with Crippen molar-refractivity contribution in [3.8, 4) is 0 Å². The molecule has 4 aliphatic carbocycles. The van der Waals surface area contributed by atoms with Crippen LogP contribution < -0.4 is 0 Å². The molecule has 0 radical (unpaired) electrons. The van der Waals surface area contributed by atoms with E-state index in [2.05, 4.69) is 56.6 Å². The standard InChI is InChI=1S/C29H47BrO2/c1-19(2)7-6-8-20(3)24-11-12-25-23-10-9-21-17-22(32-27(31)18-30)13-15-28(21,4)26(23)14-16-29(24,25)5/h9,19-20,22-26H,6-8,10-18H2,1-5H3/t20?,22?,23?,24?,25?,26?,28-,29+/m0/s1. The van der Waals surface area contributed by atoms with Crippen LogP contribution in [0.5, 0.6) is 0 Å². The second-order valence-corrected chi connectivity index (χ2v) is 13.3. The van der Waals surface area contributed by atoms with E-state index in [0.29, 0.717) is 16.2 Å². The number of ether oxygens (including phenoxy) is 1. The van der Waals surface area contributed by atoms with Crippen molar-refractivity contribution in [3.05, 3.63) is 11.6 Å². The quantitative estimate of drug-likeness (QED) is 0.197. The Balaban J connectivity index is 1.45. The minimum Gasteiger partial charge on any atom is -0.461 e. The van der Waals surface area contributed by atoms with Crippen LogP contribution >= 0.6 is 15.9 Å². The Hall–Kier alpha value is -0.310. The van der Waals surface area contributed by atoms with Crippen LogP contribution in [0.15, 0.2) is 11.6 Å². The number of fused-ring (bicyclic) bond motifs is 5. The van der Waals surface area contributed by atoms with Crippen LogP contribution in [0.3, 0.4) is 0 Å². The van der Waals surface area contributed by atoms with Gasteiger partial charge in [0.05, 0.1) is 0 Å². The molecule has 0 bridgehead atoms. The molecule has 4 rings (SSSR count). The van der Waals surface area contributed by atoms with Crippen molar-refractivity contribution in [1.82, 2.24) is 0 Å². The molecule has 0 saturated heterocycles. The molecule has 0 aromatic heterocycles. The van der Waals surface area contributed by atoms with E-state index in [9.17, 15) is 4.79 Å². The van der Waals surface area contributed by atoms with Crippen molar-refractivity contribution in [3.63, 3.8) is 0 Å². The van der Waals surface area contributed by atoms with Gasteiger partial charge in [0.25, 0.3) is 0 Å². The zero-order valence-corrected chi connectivity index (χ0v) is 22.9. The molecule has 0 aromatic carbocycles. The minimum atomic E-state index is -0.110. The summed E-state index contributed by atoms with van der Waals surface area (Å²) in [6.07, 6.45) is 17.1. The summed E-state index contributed by atoms with van der Waals surface area (Å²) in [6, 6.07) is 0. The van der Waals surface area contributed by atoms with Crippen LogP contribution in [0.2, 0.25) is 0 Å². The zero-order valence-electron chi connectivity index (χ0n) is 21.3. The Bertz CT molecular complexity index is 714. The maximum atomic E-state index is 11.8. The zero-order chi connectivity index (χ0) is 23.1. The predicted octanol–water partition coefficient (Wildman–Crippen LogP) is 8.33. The van der Waals surface area contributed by atoms with Gasteiger partial charge in [-0.3, -0.25) is 4.79 Å². The molecule has 0 aromatic rings. The van der Waals surface area contributed by atoms with Gasteiger partial charge in [-0.1, -0.05) is 81.5 Å². The average Bonchev–Trinajstić information content (AvgIpc) is 3.11. The molecule has 8 atom stereocenters. The van der Waals surface area contributed by atoms with Crippen LogP contribution in [-0.4, -0.2) is 17.4 Å². The van der Waals surface area contributed by atoms with Gasteiger partial charge in [-0.2, -0.15) is 0 Å². The Morgan fingerprint density at radius 3 is 2.59 bits per heavy atom. The summed E-state index contributed by atoms with van der Waals surface area (Å²) < 4.78 is 5.72. The van der Waals surface area contributed by atoms with E-state index in [1.807, 2.05) is 0 Å². The molecule has 3 fully saturated rings. The number of rotatable bonds is 7. The van der Waals surface area contributed by atoms with Crippen LogP contribution in [0, 0.1) is 46.3 Å². The van der Waals surface area contributed by atoms with Crippen molar-refractivity contribution in [2.24, 2.45) is 46.3 Å². The van der Waals surface area contributed by atoms with E-state index in [0.717, 1.165) is 48.3 Å². The van der Waals surface area contributed by atoms with E-state index in [1.54, 1.807) is 5.57 Å². The molecule has 0 spiro atoms. The number of hydrogen-bond donors (Lipinski definition) is 0. The lowest BCUT2D eigenvalue weighted by Crippen LogP contribution is -2.51. The van der Waals surface area contributed by atoms with Gasteiger partial charge in [0.15, 0.2) is 0 Å². The second-order valence-electron chi connectivity index (χ2n) is 12.8. The van der Waals surface area contributed by atoms with Gasteiger partial charge < -0.3 is 4.74 Å². The fraction of sp³-hybridized carbons (Fsp3) is 0.897. The Morgan fingerprint density at radius 1 is 1.09 bits per heavy atom. The molecule has 0 amide bonds. The number of carbonyl (C=O) groups excluding carboxylic acids is 1. The van der Waals surface area contributed by atoms with Crippen molar-refractivity contribution in [2.45, 2.75) is 111 Å². The first-order valence-corrected chi connectivity index (χ1v) is 14.8. The molecule has 2 nitrogen and oxygen atoms in total. The molecular formula is C29H47BrO2. The lowest BCUT2D eigenvalue weighted by Gasteiger charge is -2.58. The number of alkyl halides is 1. The summed E-state index contributed by atoms with van der Waals surface area (Å²) in [6.45, 7) is 12.5. The molecule has 0 heterocycles. The Kier molecular flexibility index (Phi) is 7.55. The van der Waals surface area contributed by atoms with Crippen LogP contribution in [0.25, 0.3) is 0 Å². The lowest BCUT2D eigenvalue weighted by molar-refractivity contribution is -0.148. The van der Waals surface area contributed by atoms with Gasteiger partial charge in [-0.05, 0) is 91.3 Å². The van der Waals surface area contributed by atoms with Gasteiger partial charge >= 0.3 is 5.97 Å². The van der Waals surface area contributed by atoms with Crippen LogP contribution in [0.1, 0.15) is 105 Å². The second kappa shape index (κ2) is 9.74. The van der Waals surface area contributed by atoms with Crippen LogP contribution in [0.4, 0.5) is 0 Å².